The van der Waals surface area contributed by atoms with E-state index in [1.807, 2.05) is 11.8 Å². The first-order valence-electron chi connectivity index (χ1n) is 5.65. The fraction of sp³-hybridized carbons (Fsp3) is 0.429. The molecule has 1 heteroatoms. The second kappa shape index (κ2) is 4.89. The van der Waals surface area contributed by atoms with Gasteiger partial charge in [0.25, 0.3) is 0 Å². The van der Waals surface area contributed by atoms with Crippen LogP contribution in [0.3, 0.4) is 0 Å². The van der Waals surface area contributed by atoms with Gasteiger partial charge in [0.1, 0.15) is 0 Å². The summed E-state index contributed by atoms with van der Waals surface area (Å²) in [5.74, 6) is 0.748. The first-order chi connectivity index (χ1) is 7.25. The quantitative estimate of drug-likeness (QED) is 0.715. The number of hydrogen-bond donors (Lipinski definition) is 0. The lowest BCUT2D eigenvalue weighted by molar-refractivity contribution is 0.647. The highest BCUT2D eigenvalue weighted by Gasteiger charge is 2.12. The van der Waals surface area contributed by atoms with Gasteiger partial charge in [-0.3, -0.25) is 0 Å². The minimum Gasteiger partial charge on any atom is -0.126 e. The van der Waals surface area contributed by atoms with Crippen molar-refractivity contribution in [3.8, 4) is 0 Å². The molecule has 0 saturated heterocycles. The third-order valence-corrected chi connectivity index (χ3v) is 3.83. The molecule has 0 spiro atoms. The Morgan fingerprint density at radius 2 is 2.00 bits per heavy atom. The van der Waals surface area contributed by atoms with Crippen molar-refractivity contribution in [3.63, 3.8) is 0 Å². The zero-order chi connectivity index (χ0) is 10.7. The van der Waals surface area contributed by atoms with Crippen molar-refractivity contribution in [2.45, 2.75) is 31.9 Å². The van der Waals surface area contributed by atoms with Crippen LogP contribution in [0.25, 0.3) is 0 Å². The monoisotopic (exact) mass is 218 g/mol. The molecule has 0 N–H and O–H groups in total. The highest BCUT2D eigenvalue weighted by Crippen LogP contribution is 2.38. The smallest absolute Gasteiger partial charge is 0.0373 e. The number of benzene rings is 1. The maximum Gasteiger partial charge on any atom is 0.0373 e. The SMILES string of the molecule is CC(C)Cc1ccc(C2CC=CS2)cc1. The van der Waals surface area contributed by atoms with Crippen molar-refractivity contribution in [1.82, 2.24) is 0 Å². The number of hydrogen-bond acceptors (Lipinski definition) is 1. The minimum absolute atomic E-state index is 0.665. The number of allylic oxidation sites excluding steroid dienone is 1. The van der Waals surface area contributed by atoms with E-state index in [9.17, 15) is 0 Å². The van der Waals surface area contributed by atoms with Crippen LogP contribution in [0.5, 0.6) is 0 Å². The lowest BCUT2D eigenvalue weighted by Gasteiger charge is -2.10. The van der Waals surface area contributed by atoms with Gasteiger partial charge >= 0.3 is 0 Å². The molecule has 0 bridgehead atoms. The van der Waals surface area contributed by atoms with E-state index >= 15 is 0 Å². The zero-order valence-corrected chi connectivity index (χ0v) is 10.3. The standard InChI is InChI=1S/C14H18S/c1-11(2)10-12-5-7-13(8-6-12)14-4-3-9-15-14/h3,5-9,11,14H,4,10H2,1-2H3. The van der Waals surface area contributed by atoms with Crippen LogP contribution in [0, 0.1) is 5.92 Å². The molecular formula is C14H18S. The molecule has 1 heterocycles. The Morgan fingerprint density at radius 3 is 2.53 bits per heavy atom. The lowest BCUT2D eigenvalue weighted by Crippen LogP contribution is -1.95. The highest BCUT2D eigenvalue weighted by atomic mass is 32.2. The molecule has 0 aromatic heterocycles. The fourth-order valence-electron chi connectivity index (χ4n) is 1.94. The average molecular weight is 218 g/mol. The fourth-order valence-corrected chi connectivity index (χ4v) is 2.89. The van der Waals surface area contributed by atoms with Crippen molar-refractivity contribution < 1.29 is 0 Å². The molecule has 1 atom stereocenters. The summed E-state index contributed by atoms with van der Waals surface area (Å²) in [5.41, 5.74) is 2.93. The Labute approximate surface area is 96.8 Å². The van der Waals surface area contributed by atoms with Gasteiger partial charge < -0.3 is 0 Å². The van der Waals surface area contributed by atoms with E-state index in [0.29, 0.717) is 5.25 Å². The zero-order valence-electron chi connectivity index (χ0n) is 9.44. The molecule has 0 saturated carbocycles. The van der Waals surface area contributed by atoms with Crippen molar-refractivity contribution in [2.24, 2.45) is 5.92 Å². The summed E-state index contributed by atoms with van der Waals surface area (Å²) < 4.78 is 0. The predicted molar refractivity (Wildman–Crippen MR) is 69.1 cm³/mol. The van der Waals surface area contributed by atoms with Gasteiger partial charge in [0.05, 0.1) is 0 Å². The van der Waals surface area contributed by atoms with Crippen LogP contribution in [0.2, 0.25) is 0 Å². The lowest BCUT2D eigenvalue weighted by atomic mass is 10.0. The van der Waals surface area contributed by atoms with E-state index in [4.69, 9.17) is 0 Å². The first kappa shape index (κ1) is 10.8. The molecule has 2 rings (SSSR count). The van der Waals surface area contributed by atoms with E-state index in [1.54, 1.807) is 0 Å². The molecule has 0 aliphatic carbocycles. The van der Waals surface area contributed by atoms with Crippen molar-refractivity contribution in [2.75, 3.05) is 0 Å². The van der Waals surface area contributed by atoms with E-state index in [1.165, 1.54) is 24.0 Å². The molecule has 0 radical (unpaired) electrons. The van der Waals surface area contributed by atoms with Crippen molar-refractivity contribution >= 4 is 11.8 Å². The molecule has 15 heavy (non-hydrogen) atoms. The molecule has 1 aliphatic heterocycles. The van der Waals surface area contributed by atoms with Gasteiger partial charge in [-0.25, -0.2) is 0 Å². The highest BCUT2D eigenvalue weighted by molar-refractivity contribution is 8.02. The topological polar surface area (TPSA) is 0 Å². The Kier molecular flexibility index (Phi) is 3.53. The molecule has 1 unspecified atom stereocenters. The Balaban J connectivity index is 2.03. The summed E-state index contributed by atoms with van der Waals surface area (Å²) in [6, 6.07) is 9.16. The molecule has 1 aromatic carbocycles. The summed E-state index contributed by atoms with van der Waals surface area (Å²) in [5, 5.41) is 2.88. The van der Waals surface area contributed by atoms with Gasteiger partial charge in [-0.05, 0) is 35.3 Å². The van der Waals surface area contributed by atoms with Crippen molar-refractivity contribution in [3.05, 3.63) is 46.9 Å². The van der Waals surface area contributed by atoms with Crippen LogP contribution in [0.15, 0.2) is 35.7 Å². The molecule has 80 valence electrons. The third-order valence-electron chi connectivity index (χ3n) is 2.68. The van der Waals surface area contributed by atoms with Crippen LogP contribution >= 0.6 is 11.8 Å². The van der Waals surface area contributed by atoms with Gasteiger partial charge in [-0.1, -0.05) is 44.2 Å². The van der Waals surface area contributed by atoms with E-state index in [-0.39, 0.29) is 0 Å². The normalized spacial score (nSPS) is 20.1. The van der Waals surface area contributed by atoms with Crippen molar-refractivity contribution in [1.29, 1.82) is 0 Å². The predicted octanol–water partition coefficient (Wildman–Crippen LogP) is 4.58. The molecule has 0 fully saturated rings. The summed E-state index contributed by atoms with van der Waals surface area (Å²) >= 11 is 1.93. The van der Waals surface area contributed by atoms with Crippen LogP contribution in [-0.2, 0) is 6.42 Å². The maximum atomic E-state index is 2.29. The molecule has 0 amide bonds. The first-order valence-corrected chi connectivity index (χ1v) is 6.59. The van der Waals surface area contributed by atoms with Crippen LogP contribution in [0.1, 0.15) is 36.6 Å². The number of thioether (sulfide) groups is 1. The van der Waals surface area contributed by atoms with Gasteiger partial charge in [-0.2, -0.15) is 0 Å². The van der Waals surface area contributed by atoms with Gasteiger partial charge in [0.2, 0.25) is 0 Å². The summed E-state index contributed by atoms with van der Waals surface area (Å²) in [4.78, 5) is 0. The van der Waals surface area contributed by atoms with Gasteiger partial charge in [0, 0.05) is 5.25 Å². The molecule has 1 aliphatic rings. The third kappa shape index (κ3) is 2.88. The minimum atomic E-state index is 0.665. The Morgan fingerprint density at radius 1 is 1.27 bits per heavy atom. The van der Waals surface area contributed by atoms with Crippen LogP contribution < -0.4 is 0 Å². The van der Waals surface area contributed by atoms with Crippen LogP contribution in [0.4, 0.5) is 0 Å². The largest absolute Gasteiger partial charge is 0.126 e. The number of rotatable bonds is 3. The molecular weight excluding hydrogens is 200 g/mol. The molecule has 1 aromatic rings. The molecule has 0 nitrogen and oxygen atoms in total. The maximum absolute atomic E-state index is 2.29. The summed E-state index contributed by atoms with van der Waals surface area (Å²) in [6.45, 7) is 4.54. The van der Waals surface area contributed by atoms with E-state index in [2.05, 4.69) is 49.6 Å². The Bertz CT molecular complexity index is 327. The average Bonchev–Trinajstić information content (AvgIpc) is 2.71. The van der Waals surface area contributed by atoms with Gasteiger partial charge in [0.15, 0.2) is 0 Å². The van der Waals surface area contributed by atoms with E-state index < -0.39 is 0 Å². The second-order valence-corrected chi connectivity index (χ2v) is 5.69. The summed E-state index contributed by atoms with van der Waals surface area (Å²) in [6.07, 6.45) is 4.64. The summed E-state index contributed by atoms with van der Waals surface area (Å²) in [7, 11) is 0. The van der Waals surface area contributed by atoms with Crippen LogP contribution in [-0.4, -0.2) is 0 Å². The Hall–Kier alpha value is -0.690. The van der Waals surface area contributed by atoms with Gasteiger partial charge in [-0.15, -0.1) is 11.8 Å². The second-order valence-electron chi connectivity index (χ2n) is 4.57. The van der Waals surface area contributed by atoms with E-state index in [0.717, 1.165) is 5.92 Å².